The summed E-state index contributed by atoms with van der Waals surface area (Å²) in [5, 5.41) is 0. The van der Waals surface area contributed by atoms with E-state index in [-0.39, 0.29) is 0 Å². The van der Waals surface area contributed by atoms with E-state index in [0.29, 0.717) is 0 Å². The van der Waals surface area contributed by atoms with Crippen molar-refractivity contribution in [2.45, 2.75) is 0 Å². The second-order valence-electron chi connectivity index (χ2n) is 0.696. The molecule has 3 heteroatoms. The molecule has 0 aliphatic rings. The van der Waals surface area contributed by atoms with Crippen LogP contribution in [0.2, 0.25) is 0 Å². The summed E-state index contributed by atoms with van der Waals surface area (Å²) >= 11 is 0. The maximum absolute atomic E-state index is 9.78. The van der Waals surface area contributed by atoms with Crippen molar-refractivity contribution in [2.75, 3.05) is 13.8 Å². The summed E-state index contributed by atoms with van der Waals surface area (Å²) in [7, 11) is -0.192. The van der Waals surface area contributed by atoms with Crippen molar-refractivity contribution in [3.63, 3.8) is 0 Å². The van der Waals surface area contributed by atoms with E-state index in [0.717, 1.165) is 0 Å². The van der Waals surface area contributed by atoms with Gasteiger partial charge in [0.1, 0.15) is 0 Å². The molecular weight excluding hydrogens is 87.0 g/mol. The molecule has 0 N–H and O–H groups in total. The maximum Gasteiger partial charge on any atom is 0.188 e. The van der Waals surface area contributed by atoms with Gasteiger partial charge >= 0.3 is 0 Å². The van der Waals surface area contributed by atoms with Gasteiger partial charge in [0, 0.05) is 13.8 Å². The van der Waals surface area contributed by atoms with Crippen LogP contribution in [0.5, 0.6) is 0 Å². The van der Waals surface area contributed by atoms with Crippen LogP contribution in [0.15, 0.2) is 0 Å². The summed E-state index contributed by atoms with van der Waals surface area (Å²) in [6.45, 7) is 1.55. The van der Waals surface area contributed by atoms with Gasteiger partial charge in [-0.25, -0.2) is 0 Å². The van der Waals surface area contributed by atoms with Crippen LogP contribution in [0.3, 0.4) is 0 Å². The van der Waals surface area contributed by atoms with Gasteiger partial charge in [-0.1, -0.05) is 0 Å². The Morgan fingerprint density at radius 2 is 2.00 bits per heavy atom. The largest absolute Gasteiger partial charge is 0.334 e. The SMILES string of the molecule is CO[PH](C)=O. The third-order valence-corrected chi connectivity index (χ3v) is 0.862. The van der Waals surface area contributed by atoms with Crippen LogP contribution in [0, 0.1) is 0 Å². The van der Waals surface area contributed by atoms with E-state index in [1.807, 2.05) is 0 Å². The minimum atomic E-state index is -1.62. The zero-order chi connectivity index (χ0) is 4.28. The Bertz CT molecular complexity index is 42.9. The lowest BCUT2D eigenvalue weighted by Crippen LogP contribution is -1.56. The molecule has 0 radical (unpaired) electrons. The van der Waals surface area contributed by atoms with E-state index in [2.05, 4.69) is 4.52 Å². The van der Waals surface area contributed by atoms with Gasteiger partial charge in [0.15, 0.2) is 8.03 Å². The highest BCUT2D eigenvalue weighted by Gasteiger charge is 1.72. The van der Waals surface area contributed by atoms with Gasteiger partial charge in [-0.2, -0.15) is 0 Å². The summed E-state index contributed by atoms with van der Waals surface area (Å²) in [5.41, 5.74) is 0. The summed E-state index contributed by atoms with van der Waals surface area (Å²) in [5.74, 6) is 0. The highest BCUT2D eigenvalue weighted by molar-refractivity contribution is 7.38. The first-order valence-corrected chi connectivity index (χ1v) is 3.13. The molecule has 0 spiro atoms. The summed E-state index contributed by atoms with van der Waals surface area (Å²) in [6.07, 6.45) is 0. The predicted molar refractivity (Wildman–Crippen MR) is 21.9 cm³/mol. The molecule has 0 rings (SSSR count). The van der Waals surface area contributed by atoms with E-state index in [4.69, 9.17) is 0 Å². The highest BCUT2D eigenvalue weighted by Crippen LogP contribution is 2.10. The van der Waals surface area contributed by atoms with Crippen molar-refractivity contribution >= 4 is 8.03 Å². The minimum absolute atomic E-state index is 1.43. The Hall–Kier alpha value is 0.190. The van der Waals surface area contributed by atoms with Crippen LogP contribution in [-0.2, 0) is 9.09 Å². The Labute approximate surface area is 32.0 Å². The molecule has 0 saturated heterocycles. The maximum atomic E-state index is 9.78. The third kappa shape index (κ3) is 4.19. The quantitative estimate of drug-likeness (QED) is 0.448. The van der Waals surface area contributed by atoms with Gasteiger partial charge in [0.25, 0.3) is 0 Å². The fourth-order valence-electron chi connectivity index (χ4n) is 0. The fourth-order valence-corrected chi connectivity index (χ4v) is 0. The number of rotatable bonds is 1. The van der Waals surface area contributed by atoms with E-state index in [1.165, 1.54) is 7.11 Å². The van der Waals surface area contributed by atoms with Crippen LogP contribution in [0.4, 0.5) is 0 Å². The van der Waals surface area contributed by atoms with Gasteiger partial charge in [0.2, 0.25) is 0 Å². The lowest BCUT2D eigenvalue weighted by molar-refractivity contribution is 0.419. The second kappa shape index (κ2) is 2.43. The molecular formula is C2H7O2P. The molecule has 0 saturated carbocycles. The van der Waals surface area contributed by atoms with E-state index < -0.39 is 8.03 Å². The molecule has 0 aliphatic heterocycles. The Morgan fingerprint density at radius 3 is 2.00 bits per heavy atom. The first-order chi connectivity index (χ1) is 2.27. The topological polar surface area (TPSA) is 26.3 Å². The van der Waals surface area contributed by atoms with Gasteiger partial charge in [-0.3, -0.25) is 4.57 Å². The monoisotopic (exact) mass is 94.0 g/mol. The van der Waals surface area contributed by atoms with Crippen molar-refractivity contribution in [2.24, 2.45) is 0 Å². The Balaban J connectivity index is 2.85. The summed E-state index contributed by atoms with van der Waals surface area (Å²) in [4.78, 5) is 0. The van der Waals surface area contributed by atoms with Crippen LogP contribution in [0.25, 0.3) is 0 Å². The van der Waals surface area contributed by atoms with Crippen molar-refractivity contribution in [1.82, 2.24) is 0 Å². The summed E-state index contributed by atoms with van der Waals surface area (Å²) in [6, 6.07) is 0. The highest BCUT2D eigenvalue weighted by atomic mass is 31.1. The fraction of sp³-hybridized carbons (Fsp3) is 1.00. The molecule has 0 aliphatic carbocycles. The average Bonchev–Trinajstić information content (AvgIpc) is 1.38. The van der Waals surface area contributed by atoms with Crippen LogP contribution in [0.1, 0.15) is 0 Å². The zero-order valence-corrected chi connectivity index (χ0v) is 4.32. The summed E-state index contributed by atoms with van der Waals surface area (Å²) < 4.78 is 14.1. The average molecular weight is 94.0 g/mol. The molecule has 1 atom stereocenters. The van der Waals surface area contributed by atoms with Crippen molar-refractivity contribution in [3.05, 3.63) is 0 Å². The molecule has 0 heterocycles. The number of hydrogen-bond acceptors (Lipinski definition) is 2. The predicted octanol–water partition coefficient (Wildman–Crippen LogP) is 0.737. The molecule has 1 unspecified atom stereocenters. The van der Waals surface area contributed by atoms with E-state index in [9.17, 15) is 4.57 Å². The minimum Gasteiger partial charge on any atom is -0.334 e. The Kier molecular flexibility index (Phi) is 2.52. The normalized spacial score (nSPS) is 14.8. The van der Waals surface area contributed by atoms with Crippen LogP contribution in [-0.4, -0.2) is 13.8 Å². The van der Waals surface area contributed by atoms with Crippen molar-refractivity contribution < 1.29 is 9.09 Å². The first-order valence-electron chi connectivity index (χ1n) is 1.32. The van der Waals surface area contributed by atoms with Crippen molar-refractivity contribution in [3.8, 4) is 0 Å². The zero-order valence-electron chi connectivity index (χ0n) is 3.32. The first kappa shape index (κ1) is 5.19. The second-order valence-corrected chi connectivity index (χ2v) is 2.09. The number of hydrogen-bond donors (Lipinski definition) is 0. The van der Waals surface area contributed by atoms with Crippen molar-refractivity contribution in [1.29, 1.82) is 0 Å². The molecule has 0 aromatic heterocycles. The smallest absolute Gasteiger partial charge is 0.188 e. The molecule has 32 valence electrons. The molecule has 0 amide bonds. The van der Waals surface area contributed by atoms with Crippen LogP contribution >= 0.6 is 8.03 Å². The third-order valence-electron chi connectivity index (χ3n) is 0.287. The van der Waals surface area contributed by atoms with Gasteiger partial charge < -0.3 is 4.52 Å². The standard InChI is InChI=1S/C2H7O2P/c1-4-5(2)3/h5H,1-2H3. The molecule has 0 bridgehead atoms. The molecule has 2 nitrogen and oxygen atoms in total. The van der Waals surface area contributed by atoms with Gasteiger partial charge in [-0.15, -0.1) is 0 Å². The molecule has 5 heavy (non-hydrogen) atoms. The lowest BCUT2D eigenvalue weighted by atomic mass is 11.8. The molecule has 0 aromatic carbocycles. The van der Waals surface area contributed by atoms with Crippen LogP contribution < -0.4 is 0 Å². The van der Waals surface area contributed by atoms with Gasteiger partial charge in [-0.05, 0) is 0 Å². The Morgan fingerprint density at radius 1 is 1.80 bits per heavy atom. The van der Waals surface area contributed by atoms with E-state index >= 15 is 0 Å². The lowest BCUT2D eigenvalue weighted by Gasteiger charge is -1.79. The molecule has 0 aromatic rings. The molecule has 0 fully saturated rings. The van der Waals surface area contributed by atoms with E-state index in [1.54, 1.807) is 6.66 Å². The van der Waals surface area contributed by atoms with Gasteiger partial charge in [0.05, 0.1) is 0 Å².